The predicted molar refractivity (Wildman–Crippen MR) is 87.1 cm³/mol. The molecule has 2 N–H and O–H groups in total. The van der Waals surface area contributed by atoms with Crippen molar-refractivity contribution in [1.82, 2.24) is 19.7 Å². The third-order valence-corrected chi connectivity index (χ3v) is 4.62. The lowest BCUT2D eigenvalue weighted by atomic mass is 10.2. The van der Waals surface area contributed by atoms with Gasteiger partial charge in [-0.15, -0.1) is 0 Å². The van der Waals surface area contributed by atoms with Crippen LogP contribution in [0.25, 0.3) is 0 Å². The number of aromatic nitrogens is 3. The first kappa shape index (κ1) is 17.4. The van der Waals surface area contributed by atoms with E-state index in [1.807, 2.05) is 11.6 Å². The largest absolute Gasteiger partial charge is 0.335 e. The predicted octanol–water partition coefficient (Wildman–Crippen LogP) is 2.07. The van der Waals surface area contributed by atoms with Gasteiger partial charge in [-0.2, -0.15) is 15.0 Å². The molecule has 11 heteroatoms. The zero-order valence-electron chi connectivity index (χ0n) is 12.1. The van der Waals surface area contributed by atoms with Crippen LogP contribution in [0.15, 0.2) is 34.3 Å². The van der Waals surface area contributed by atoms with Gasteiger partial charge in [0.2, 0.25) is 11.2 Å². The Kier molecular flexibility index (Phi) is 5.39. The molecule has 0 atom stereocenters. The molecule has 1 heterocycles. The summed E-state index contributed by atoms with van der Waals surface area (Å²) in [7, 11) is -3.99. The maximum Gasteiger partial charge on any atom is 0.335 e. The maximum atomic E-state index is 12.1. The van der Waals surface area contributed by atoms with Crippen LogP contribution in [0, 0.1) is 6.92 Å². The van der Waals surface area contributed by atoms with Gasteiger partial charge in [-0.3, -0.25) is 5.32 Å². The van der Waals surface area contributed by atoms with Crippen LogP contribution >= 0.6 is 23.4 Å². The molecule has 2 amide bonds. The number of amides is 2. The molecule has 0 aliphatic rings. The Morgan fingerprint density at radius 2 is 1.83 bits per heavy atom. The fourth-order valence-electron chi connectivity index (χ4n) is 1.50. The number of carbonyl (C=O) groups excluding carboxylic acids is 1. The first-order valence-corrected chi connectivity index (χ1v) is 9.25. The minimum atomic E-state index is -3.99. The number of anilines is 1. The number of nitrogens with zero attached hydrogens (tertiary/aromatic N) is 3. The molecule has 23 heavy (non-hydrogen) atoms. The molecule has 0 saturated carbocycles. The Bertz CT molecular complexity index is 827. The molecular formula is C12H12ClN5O3S2. The van der Waals surface area contributed by atoms with Crippen molar-refractivity contribution in [2.24, 2.45) is 0 Å². The van der Waals surface area contributed by atoms with Gasteiger partial charge < -0.3 is 0 Å². The fraction of sp³-hybridized carbons (Fsp3) is 0.167. The van der Waals surface area contributed by atoms with E-state index in [0.717, 1.165) is 5.56 Å². The van der Waals surface area contributed by atoms with Crippen molar-refractivity contribution in [1.29, 1.82) is 0 Å². The number of urea groups is 1. The van der Waals surface area contributed by atoms with Gasteiger partial charge in [0.05, 0.1) is 4.90 Å². The molecule has 1 aromatic carbocycles. The molecule has 0 bridgehead atoms. The van der Waals surface area contributed by atoms with Crippen molar-refractivity contribution in [3.8, 4) is 0 Å². The molecule has 0 aliphatic carbocycles. The van der Waals surface area contributed by atoms with Crippen LogP contribution < -0.4 is 10.0 Å². The summed E-state index contributed by atoms with van der Waals surface area (Å²) in [6.07, 6.45) is 1.72. The molecule has 8 nitrogen and oxygen atoms in total. The van der Waals surface area contributed by atoms with E-state index >= 15 is 0 Å². The lowest BCUT2D eigenvalue weighted by Gasteiger charge is -2.08. The van der Waals surface area contributed by atoms with Crippen molar-refractivity contribution >= 4 is 45.4 Å². The van der Waals surface area contributed by atoms with Crippen LogP contribution in [0.3, 0.4) is 0 Å². The van der Waals surface area contributed by atoms with Crippen molar-refractivity contribution in [3.63, 3.8) is 0 Å². The fourth-order valence-corrected chi connectivity index (χ4v) is 2.98. The van der Waals surface area contributed by atoms with E-state index in [-0.39, 0.29) is 16.1 Å². The van der Waals surface area contributed by atoms with Gasteiger partial charge in [0, 0.05) is 0 Å². The standard InChI is InChI=1S/C12H12ClN5O3S2/c1-7-3-5-8(6-4-7)23(20,21)18-11(19)16-10-14-9(13)15-12(17-10)22-2/h3-6H,1-2H3,(H2,14,15,16,17,18,19). The van der Waals surface area contributed by atoms with Crippen molar-refractivity contribution in [2.75, 3.05) is 11.6 Å². The van der Waals surface area contributed by atoms with Crippen LogP contribution in [0.5, 0.6) is 0 Å². The van der Waals surface area contributed by atoms with Gasteiger partial charge in [-0.25, -0.2) is 17.9 Å². The number of rotatable bonds is 4. The van der Waals surface area contributed by atoms with E-state index in [1.54, 1.807) is 18.4 Å². The molecule has 0 unspecified atom stereocenters. The Labute approximate surface area is 142 Å². The summed E-state index contributed by atoms with van der Waals surface area (Å²) < 4.78 is 26.0. The SMILES string of the molecule is CSc1nc(Cl)nc(NC(=O)NS(=O)(=O)c2ccc(C)cc2)n1. The van der Waals surface area contributed by atoms with Gasteiger partial charge in [0.15, 0.2) is 5.16 Å². The minimum absolute atomic E-state index is 0.0308. The number of halogens is 1. The van der Waals surface area contributed by atoms with Gasteiger partial charge >= 0.3 is 6.03 Å². The van der Waals surface area contributed by atoms with Gasteiger partial charge in [-0.05, 0) is 36.9 Å². The van der Waals surface area contributed by atoms with E-state index in [1.165, 1.54) is 23.9 Å². The summed E-state index contributed by atoms with van der Waals surface area (Å²) in [6.45, 7) is 1.82. The van der Waals surface area contributed by atoms with Crippen LogP contribution in [-0.4, -0.2) is 35.7 Å². The maximum absolute atomic E-state index is 12.1. The number of aryl methyl sites for hydroxylation is 1. The van der Waals surface area contributed by atoms with Crippen molar-refractivity contribution < 1.29 is 13.2 Å². The quantitative estimate of drug-likeness (QED) is 0.788. The van der Waals surface area contributed by atoms with E-state index in [4.69, 9.17) is 11.6 Å². The molecule has 0 radical (unpaired) electrons. The van der Waals surface area contributed by atoms with Crippen LogP contribution in [-0.2, 0) is 10.0 Å². The van der Waals surface area contributed by atoms with Crippen LogP contribution in [0.2, 0.25) is 5.28 Å². The highest BCUT2D eigenvalue weighted by atomic mass is 35.5. The highest BCUT2D eigenvalue weighted by Gasteiger charge is 2.18. The molecule has 0 spiro atoms. The lowest BCUT2D eigenvalue weighted by molar-refractivity contribution is 0.256. The third kappa shape index (κ3) is 4.78. The number of thioether (sulfide) groups is 1. The monoisotopic (exact) mass is 373 g/mol. The van der Waals surface area contributed by atoms with Crippen molar-refractivity contribution in [3.05, 3.63) is 35.1 Å². The Hall–Kier alpha value is -1.91. The number of benzene rings is 1. The summed E-state index contributed by atoms with van der Waals surface area (Å²) in [5, 5.41) is 2.39. The lowest BCUT2D eigenvalue weighted by Crippen LogP contribution is -2.35. The molecule has 0 aliphatic heterocycles. The molecule has 2 rings (SSSR count). The second kappa shape index (κ2) is 7.11. The summed E-state index contributed by atoms with van der Waals surface area (Å²) in [6, 6.07) is 5.05. The van der Waals surface area contributed by atoms with Crippen molar-refractivity contribution in [2.45, 2.75) is 17.0 Å². The highest BCUT2D eigenvalue weighted by molar-refractivity contribution is 7.98. The third-order valence-electron chi connectivity index (χ3n) is 2.55. The topological polar surface area (TPSA) is 114 Å². The van der Waals surface area contributed by atoms with E-state index in [2.05, 4.69) is 20.3 Å². The van der Waals surface area contributed by atoms with Gasteiger partial charge in [0.1, 0.15) is 0 Å². The summed E-state index contributed by atoms with van der Waals surface area (Å²) in [4.78, 5) is 23.2. The summed E-state index contributed by atoms with van der Waals surface area (Å²) >= 11 is 6.89. The van der Waals surface area contributed by atoms with Crippen LogP contribution in [0.1, 0.15) is 5.56 Å². The molecular weight excluding hydrogens is 362 g/mol. The average molecular weight is 374 g/mol. The first-order chi connectivity index (χ1) is 10.8. The first-order valence-electron chi connectivity index (χ1n) is 6.16. The Balaban J connectivity index is 2.12. The molecule has 0 saturated heterocycles. The zero-order chi connectivity index (χ0) is 17.0. The number of sulfonamides is 1. The highest BCUT2D eigenvalue weighted by Crippen LogP contribution is 2.14. The minimum Gasteiger partial charge on any atom is -0.275 e. The second-order valence-corrected chi connectivity index (χ2v) is 7.08. The molecule has 0 fully saturated rings. The molecule has 2 aromatic rings. The number of hydrogen-bond donors (Lipinski definition) is 2. The Morgan fingerprint density at radius 3 is 2.43 bits per heavy atom. The number of hydrogen-bond acceptors (Lipinski definition) is 7. The summed E-state index contributed by atoms with van der Waals surface area (Å²) in [5.74, 6) is -0.147. The number of carbonyl (C=O) groups is 1. The van der Waals surface area contributed by atoms with E-state index in [9.17, 15) is 13.2 Å². The summed E-state index contributed by atoms with van der Waals surface area (Å²) in [5.41, 5.74) is 0.901. The zero-order valence-corrected chi connectivity index (χ0v) is 14.5. The molecule has 122 valence electrons. The second-order valence-electron chi connectivity index (χ2n) is 4.29. The van der Waals surface area contributed by atoms with Gasteiger partial charge in [-0.1, -0.05) is 29.5 Å². The molecule has 1 aromatic heterocycles. The Morgan fingerprint density at radius 1 is 1.17 bits per heavy atom. The average Bonchev–Trinajstić information content (AvgIpc) is 2.46. The van der Waals surface area contributed by atoms with E-state index in [0.29, 0.717) is 5.16 Å². The van der Waals surface area contributed by atoms with E-state index < -0.39 is 16.1 Å². The van der Waals surface area contributed by atoms with Gasteiger partial charge in [0.25, 0.3) is 10.0 Å². The van der Waals surface area contributed by atoms with Crippen LogP contribution in [0.4, 0.5) is 10.7 Å². The smallest absolute Gasteiger partial charge is 0.275 e. The normalized spacial score (nSPS) is 11.1. The number of nitrogens with one attached hydrogen (secondary N) is 2.